The van der Waals surface area contributed by atoms with E-state index in [0.29, 0.717) is 30.5 Å². The number of hydrogen-bond donors (Lipinski definition) is 1. The summed E-state index contributed by atoms with van der Waals surface area (Å²) in [6, 6.07) is 1.04. The Hall–Kier alpha value is -2.71. The number of aromatic nitrogens is 4. The van der Waals surface area contributed by atoms with E-state index in [1.807, 2.05) is 6.92 Å². The van der Waals surface area contributed by atoms with Gasteiger partial charge in [-0.25, -0.2) is 0 Å². The van der Waals surface area contributed by atoms with Gasteiger partial charge in [-0.1, -0.05) is 5.16 Å². The molecule has 2 aromatic rings. The minimum absolute atomic E-state index is 0.190. The fourth-order valence-corrected chi connectivity index (χ4v) is 2.71. The van der Waals surface area contributed by atoms with Crippen LogP contribution in [0.25, 0.3) is 0 Å². The van der Waals surface area contributed by atoms with Gasteiger partial charge in [-0.05, 0) is 19.9 Å². The predicted octanol–water partition coefficient (Wildman–Crippen LogP) is -0.397. The number of nitrogens with one attached hydrogen (secondary N) is 1. The van der Waals surface area contributed by atoms with E-state index in [4.69, 9.17) is 4.52 Å². The van der Waals surface area contributed by atoms with Crippen LogP contribution in [-0.2, 0) is 18.3 Å². The van der Waals surface area contributed by atoms with Gasteiger partial charge in [0.1, 0.15) is 11.7 Å². The third kappa shape index (κ3) is 2.94. The van der Waals surface area contributed by atoms with Crippen LogP contribution in [0.15, 0.2) is 10.6 Å². The van der Waals surface area contributed by atoms with Gasteiger partial charge in [0.05, 0.1) is 12.1 Å². The zero-order valence-corrected chi connectivity index (χ0v) is 13.2. The predicted molar refractivity (Wildman–Crippen MR) is 78.5 cm³/mol. The molecule has 1 saturated heterocycles. The molecule has 1 unspecified atom stereocenters. The lowest BCUT2D eigenvalue weighted by molar-refractivity contribution is -0.128. The zero-order chi connectivity index (χ0) is 16.6. The van der Waals surface area contributed by atoms with Crippen LogP contribution in [0.3, 0.4) is 0 Å². The van der Waals surface area contributed by atoms with Crippen LogP contribution >= 0.6 is 0 Å². The van der Waals surface area contributed by atoms with Crippen molar-refractivity contribution in [2.45, 2.75) is 26.3 Å². The molecule has 1 aliphatic rings. The molecule has 1 atom stereocenters. The molecule has 0 aromatic carbocycles. The summed E-state index contributed by atoms with van der Waals surface area (Å²) in [7, 11) is 1.71. The van der Waals surface area contributed by atoms with Crippen LogP contribution in [0.5, 0.6) is 0 Å². The molecular weight excluding hydrogens is 300 g/mol. The summed E-state index contributed by atoms with van der Waals surface area (Å²) in [6.07, 6.45) is 0.190. The Labute approximate surface area is 132 Å². The Morgan fingerprint density at radius 1 is 1.48 bits per heavy atom. The number of aryl methyl sites for hydroxylation is 3. The molecule has 122 valence electrons. The van der Waals surface area contributed by atoms with Crippen LogP contribution in [0.4, 0.5) is 0 Å². The zero-order valence-electron chi connectivity index (χ0n) is 13.2. The molecule has 2 amide bonds. The average Bonchev–Trinajstić information content (AvgIpc) is 3.05. The van der Waals surface area contributed by atoms with Crippen molar-refractivity contribution in [3.63, 3.8) is 0 Å². The standard InChI is InChI=1S/C14H18N6O3/c1-8-6-11(19(3)17-8)14(22)20-5-4-15-13(21)10(20)7-12-16-9(2)18-23-12/h6,10H,4-5,7H2,1-3H3,(H,15,21). The Bertz CT molecular complexity index is 750. The average molecular weight is 318 g/mol. The minimum Gasteiger partial charge on any atom is -0.353 e. The van der Waals surface area contributed by atoms with Crippen LogP contribution in [0.2, 0.25) is 0 Å². The second-order valence-electron chi connectivity index (χ2n) is 5.54. The fraction of sp³-hybridized carbons (Fsp3) is 0.500. The molecule has 3 heterocycles. The highest BCUT2D eigenvalue weighted by Crippen LogP contribution is 2.15. The number of hydrogen-bond acceptors (Lipinski definition) is 6. The van der Waals surface area contributed by atoms with E-state index < -0.39 is 6.04 Å². The van der Waals surface area contributed by atoms with Crippen molar-refractivity contribution in [1.82, 2.24) is 30.1 Å². The number of carbonyl (C=O) groups is 2. The smallest absolute Gasteiger partial charge is 0.272 e. The largest absolute Gasteiger partial charge is 0.353 e. The van der Waals surface area contributed by atoms with E-state index in [2.05, 4.69) is 20.6 Å². The van der Waals surface area contributed by atoms with E-state index in [-0.39, 0.29) is 18.2 Å². The van der Waals surface area contributed by atoms with Crippen molar-refractivity contribution >= 4 is 11.8 Å². The maximum absolute atomic E-state index is 12.8. The van der Waals surface area contributed by atoms with Crippen LogP contribution in [0.1, 0.15) is 27.9 Å². The fourth-order valence-electron chi connectivity index (χ4n) is 2.71. The molecule has 2 aromatic heterocycles. The Kier molecular flexibility index (Phi) is 3.85. The van der Waals surface area contributed by atoms with Crippen molar-refractivity contribution in [2.24, 2.45) is 7.05 Å². The first kappa shape index (κ1) is 15.2. The monoisotopic (exact) mass is 318 g/mol. The van der Waals surface area contributed by atoms with Crippen molar-refractivity contribution in [3.05, 3.63) is 29.2 Å². The molecule has 0 radical (unpaired) electrons. The lowest BCUT2D eigenvalue weighted by Gasteiger charge is -2.34. The second kappa shape index (κ2) is 5.82. The van der Waals surface area contributed by atoms with Crippen molar-refractivity contribution in [2.75, 3.05) is 13.1 Å². The molecule has 9 heteroatoms. The summed E-state index contributed by atoms with van der Waals surface area (Å²) in [4.78, 5) is 30.7. The van der Waals surface area contributed by atoms with E-state index >= 15 is 0 Å². The molecule has 0 spiro atoms. The van der Waals surface area contributed by atoms with Crippen LogP contribution < -0.4 is 5.32 Å². The van der Waals surface area contributed by atoms with Gasteiger partial charge in [-0.15, -0.1) is 0 Å². The molecule has 1 aliphatic heterocycles. The second-order valence-corrected chi connectivity index (χ2v) is 5.54. The van der Waals surface area contributed by atoms with E-state index in [9.17, 15) is 9.59 Å². The number of rotatable bonds is 3. The first-order valence-electron chi connectivity index (χ1n) is 7.34. The molecule has 0 saturated carbocycles. The highest BCUT2D eigenvalue weighted by molar-refractivity contribution is 5.97. The number of carbonyl (C=O) groups excluding carboxylic acids is 2. The molecule has 3 rings (SSSR count). The van der Waals surface area contributed by atoms with Gasteiger partial charge in [0, 0.05) is 20.1 Å². The van der Waals surface area contributed by atoms with Crippen LogP contribution in [-0.4, -0.2) is 55.8 Å². The molecular formula is C14H18N6O3. The third-order valence-electron chi connectivity index (χ3n) is 3.75. The summed E-state index contributed by atoms with van der Waals surface area (Å²) < 4.78 is 6.61. The highest BCUT2D eigenvalue weighted by atomic mass is 16.5. The van der Waals surface area contributed by atoms with E-state index in [0.717, 1.165) is 5.69 Å². The first-order valence-corrected chi connectivity index (χ1v) is 7.34. The van der Waals surface area contributed by atoms with Gasteiger partial charge in [0.15, 0.2) is 5.82 Å². The molecule has 1 N–H and O–H groups in total. The van der Waals surface area contributed by atoms with Gasteiger partial charge < -0.3 is 14.7 Å². The number of piperazine rings is 1. The van der Waals surface area contributed by atoms with Gasteiger partial charge in [0.2, 0.25) is 11.8 Å². The molecule has 0 aliphatic carbocycles. The summed E-state index contributed by atoms with van der Waals surface area (Å²) >= 11 is 0. The summed E-state index contributed by atoms with van der Waals surface area (Å²) in [5.41, 5.74) is 1.20. The molecule has 0 bridgehead atoms. The summed E-state index contributed by atoms with van der Waals surface area (Å²) in [5.74, 6) is 0.378. The SMILES string of the molecule is Cc1cc(C(=O)N2CCNC(=O)C2Cc2nc(C)no2)n(C)n1. The maximum Gasteiger partial charge on any atom is 0.272 e. The first-order chi connectivity index (χ1) is 11.0. The van der Waals surface area contributed by atoms with Gasteiger partial charge in [-0.3, -0.25) is 14.3 Å². The topological polar surface area (TPSA) is 106 Å². The number of amides is 2. The van der Waals surface area contributed by atoms with Gasteiger partial charge >= 0.3 is 0 Å². The van der Waals surface area contributed by atoms with Gasteiger partial charge in [-0.2, -0.15) is 10.1 Å². The van der Waals surface area contributed by atoms with E-state index in [1.54, 1.807) is 20.0 Å². The van der Waals surface area contributed by atoms with Crippen molar-refractivity contribution < 1.29 is 14.1 Å². The lowest BCUT2D eigenvalue weighted by atomic mass is 10.1. The third-order valence-corrected chi connectivity index (χ3v) is 3.75. The van der Waals surface area contributed by atoms with Crippen molar-refractivity contribution in [3.8, 4) is 0 Å². The Morgan fingerprint density at radius 3 is 2.87 bits per heavy atom. The maximum atomic E-state index is 12.8. The lowest BCUT2D eigenvalue weighted by Crippen LogP contribution is -2.58. The van der Waals surface area contributed by atoms with E-state index in [1.165, 1.54) is 9.58 Å². The Balaban J connectivity index is 1.86. The summed E-state index contributed by atoms with van der Waals surface area (Å²) in [6.45, 7) is 4.36. The highest BCUT2D eigenvalue weighted by Gasteiger charge is 2.36. The van der Waals surface area contributed by atoms with Crippen molar-refractivity contribution in [1.29, 1.82) is 0 Å². The summed E-state index contributed by atoms with van der Waals surface area (Å²) in [5, 5.41) is 10.7. The normalized spacial score (nSPS) is 18.1. The van der Waals surface area contributed by atoms with Gasteiger partial charge in [0.25, 0.3) is 5.91 Å². The molecule has 1 fully saturated rings. The molecule has 23 heavy (non-hydrogen) atoms. The molecule has 9 nitrogen and oxygen atoms in total. The Morgan fingerprint density at radius 2 is 2.26 bits per heavy atom. The quantitative estimate of drug-likeness (QED) is 0.825. The number of nitrogens with zero attached hydrogens (tertiary/aromatic N) is 5. The van der Waals surface area contributed by atoms with Crippen LogP contribution in [0, 0.1) is 13.8 Å². The minimum atomic E-state index is -0.675.